The minimum atomic E-state index is -4.98. The molecule has 0 unspecified atom stereocenters. The fraction of sp³-hybridized carbons (Fsp3) is 0.111. The Morgan fingerprint density at radius 2 is 1.48 bits per heavy atom. The summed E-state index contributed by atoms with van der Waals surface area (Å²) in [5.41, 5.74) is -3.91. The van der Waals surface area contributed by atoms with Gasteiger partial charge in [-0.1, -0.05) is 12.1 Å². The Balaban J connectivity index is 2.07. The number of hydrogen-bond donors (Lipinski definition) is 0. The van der Waals surface area contributed by atoms with Gasteiger partial charge in [-0.25, -0.2) is 0 Å². The van der Waals surface area contributed by atoms with E-state index in [4.69, 9.17) is 4.42 Å². The zero-order chi connectivity index (χ0) is 19.8. The molecule has 3 nitrogen and oxygen atoms in total. The van der Waals surface area contributed by atoms with Gasteiger partial charge in [0.2, 0.25) is 5.43 Å². The van der Waals surface area contributed by atoms with E-state index in [2.05, 4.69) is 4.99 Å². The molecule has 0 saturated carbocycles. The topological polar surface area (TPSA) is 42.6 Å². The Bertz CT molecular complexity index is 1050. The summed E-state index contributed by atoms with van der Waals surface area (Å²) in [5.74, 6) is 0. The minimum absolute atomic E-state index is 0.00338. The zero-order valence-corrected chi connectivity index (χ0v) is 13.2. The van der Waals surface area contributed by atoms with Crippen molar-refractivity contribution < 1.29 is 30.8 Å². The van der Waals surface area contributed by atoms with Crippen LogP contribution in [0.4, 0.5) is 32.0 Å². The number of aliphatic imine (C=N–C) groups is 1. The summed E-state index contributed by atoms with van der Waals surface area (Å²) in [4.78, 5) is 15.9. The molecule has 27 heavy (non-hydrogen) atoms. The molecule has 140 valence electrons. The predicted octanol–water partition coefficient (Wildman–Crippen LogP) is 5.58. The normalized spacial score (nSPS) is 12.8. The van der Waals surface area contributed by atoms with E-state index < -0.39 is 34.6 Å². The van der Waals surface area contributed by atoms with Crippen molar-refractivity contribution in [1.29, 1.82) is 0 Å². The maximum atomic E-state index is 12.9. The Labute approximate surface area is 147 Å². The molecule has 0 spiro atoms. The molecule has 2 aromatic carbocycles. The van der Waals surface area contributed by atoms with E-state index in [0.717, 1.165) is 12.5 Å². The number of benzene rings is 2. The molecule has 0 atom stereocenters. The van der Waals surface area contributed by atoms with Crippen LogP contribution in [0.1, 0.15) is 16.7 Å². The van der Waals surface area contributed by atoms with Crippen LogP contribution < -0.4 is 5.43 Å². The van der Waals surface area contributed by atoms with Crippen LogP contribution in [0.25, 0.3) is 11.0 Å². The molecule has 0 radical (unpaired) electrons. The number of rotatable bonds is 2. The summed E-state index contributed by atoms with van der Waals surface area (Å²) in [6.07, 6.45) is -8.05. The number of nitrogens with zero attached hydrogens (tertiary/aromatic N) is 1. The molecule has 0 saturated heterocycles. The lowest BCUT2D eigenvalue weighted by Crippen LogP contribution is -2.10. The van der Waals surface area contributed by atoms with E-state index in [1.54, 1.807) is 18.2 Å². The van der Waals surface area contributed by atoms with Crippen LogP contribution in [0, 0.1) is 0 Å². The van der Waals surface area contributed by atoms with Crippen LogP contribution in [-0.2, 0) is 12.4 Å². The van der Waals surface area contributed by atoms with E-state index >= 15 is 0 Å². The molecule has 0 fully saturated rings. The number of fused-ring (bicyclic) bond motifs is 1. The quantitative estimate of drug-likeness (QED) is 0.427. The molecule has 3 aromatic rings. The van der Waals surface area contributed by atoms with Gasteiger partial charge in [0, 0.05) is 6.21 Å². The van der Waals surface area contributed by atoms with E-state index in [9.17, 15) is 31.1 Å². The van der Waals surface area contributed by atoms with E-state index in [1.807, 2.05) is 0 Å². The Hall–Kier alpha value is -3.10. The lowest BCUT2D eigenvalue weighted by molar-refractivity contribution is -0.143. The first kappa shape index (κ1) is 18.7. The van der Waals surface area contributed by atoms with E-state index in [1.165, 1.54) is 6.07 Å². The van der Waals surface area contributed by atoms with Gasteiger partial charge in [0.1, 0.15) is 11.8 Å². The van der Waals surface area contributed by atoms with Crippen molar-refractivity contribution >= 4 is 22.9 Å². The summed E-state index contributed by atoms with van der Waals surface area (Å²) in [5, 5.41) is 0.210. The molecule has 1 aromatic heterocycles. The van der Waals surface area contributed by atoms with Gasteiger partial charge in [0.25, 0.3) is 0 Å². The molecule has 1 heterocycles. The molecule has 9 heteroatoms. The van der Waals surface area contributed by atoms with E-state index in [-0.39, 0.29) is 22.6 Å². The number of hydrogen-bond acceptors (Lipinski definition) is 3. The molecule has 0 aliphatic heterocycles. The van der Waals surface area contributed by atoms with Crippen molar-refractivity contribution in [2.75, 3.05) is 0 Å². The molecule has 0 N–H and O–H groups in total. The highest BCUT2D eigenvalue weighted by molar-refractivity contribution is 5.87. The maximum Gasteiger partial charge on any atom is 0.416 e. The van der Waals surface area contributed by atoms with Crippen molar-refractivity contribution in [3.8, 4) is 0 Å². The van der Waals surface area contributed by atoms with Gasteiger partial charge in [-0.2, -0.15) is 26.3 Å². The SMILES string of the molecule is O=c1c(C=Nc2cc(C(F)(F)F)cc(C(F)(F)F)c2)coc2ccccc12. The summed E-state index contributed by atoms with van der Waals surface area (Å²) < 4.78 is 82.3. The number of para-hydroxylation sites is 1. The first-order valence-corrected chi connectivity index (χ1v) is 7.40. The van der Waals surface area contributed by atoms with Crippen LogP contribution in [0.15, 0.2) is 62.9 Å². The van der Waals surface area contributed by atoms with Crippen molar-refractivity contribution in [3.63, 3.8) is 0 Å². The average Bonchev–Trinajstić information content (AvgIpc) is 2.60. The highest BCUT2D eigenvalue weighted by Crippen LogP contribution is 2.38. The minimum Gasteiger partial charge on any atom is -0.463 e. The van der Waals surface area contributed by atoms with Gasteiger partial charge < -0.3 is 4.42 Å². The van der Waals surface area contributed by atoms with Crippen molar-refractivity contribution in [2.24, 2.45) is 4.99 Å². The molecular weight excluding hydrogens is 376 g/mol. The van der Waals surface area contributed by atoms with Crippen LogP contribution in [0.5, 0.6) is 0 Å². The fourth-order valence-electron chi connectivity index (χ4n) is 2.34. The molecule has 0 bridgehead atoms. The van der Waals surface area contributed by atoms with Gasteiger partial charge in [-0.3, -0.25) is 9.79 Å². The average molecular weight is 385 g/mol. The van der Waals surface area contributed by atoms with Crippen LogP contribution in [0.3, 0.4) is 0 Å². The van der Waals surface area contributed by atoms with Gasteiger partial charge in [-0.15, -0.1) is 0 Å². The maximum absolute atomic E-state index is 12.9. The molecular formula is C18H9F6NO2. The first-order valence-electron chi connectivity index (χ1n) is 7.40. The second-order valence-electron chi connectivity index (χ2n) is 5.54. The third-order valence-corrected chi connectivity index (χ3v) is 3.63. The third-order valence-electron chi connectivity index (χ3n) is 3.63. The molecule has 0 amide bonds. The highest BCUT2D eigenvalue weighted by Gasteiger charge is 2.36. The van der Waals surface area contributed by atoms with Gasteiger partial charge in [0.15, 0.2) is 0 Å². The molecule has 0 aliphatic carbocycles. The second-order valence-corrected chi connectivity index (χ2v) is 5.54. The van der Waals surface area contributed by atoms with Gasteiger partial charge in [-0.05, 0) is 30.3 Å². The summed E-state index contributed by atoms with van der Waals surface area (Å²) >= 11 is 0. The number of alkyl halides is 6. The first-order chi connectivity index (χ1) is 12.6. The Morgan fingerprint density at radius 1 is 0.889 bits per heavy atom. The fourth-order valence-corrected chi connectivity index (χ4v) is 2.34. The number of halogens is 6. The largest absolute Gasteiger partial charge is 0.463 e. The standard InChI is InChI=1S/C18H9F6NO2/c19-17(20,21)11-5-12(18(22,23)24)7-13(6-11)25-8-10-9-27-15-4-2-1-3-14(15)16(10)26/h1-9H. The van der Waals surface area contributed by atoms with Crippen molar-refractivity contribution in [1.82, 2.24) is 0 Å². The molecule has 0 aliphatic rings. The molecule has 3 rings (SSSR count). The van der Waals surface area contributed by atoms with Crippen LogP contribution in [0.2, 0.25) is 0 Å². The van der Waals surface area contributed by atoms with Crippen LogP contribution >= 0.6 is 0 Å². The highest BCUT2D eigenvalue weighted by atomic mass is 19.4. The smallest absolute Gasteiger partial charge is 0.416 e. The Morgan fingerprint density at radius 3 is 2.07 bits per heavy atom. The lowest BCUT2D eigenvalue weighted by atomic mass is 10.1. The monoisotopic (exact) mass is 385 g/mol. The third kappa shape index (κ3) is 4.02. The second kappa shape index (κ2) is 6.57. The summed E-state index contributed by atoms with van der Waals surface area (Å²) in [6.45, 7) is 0. The van der Waals surface area contributed by atoms with Crippen molar-refractivity contribution in [2.45, 2.75) is 12.4 Å². The van der Waals surface area contributed by atoms with Gasteiger partial charge in [0.05, 0.1) is 27.8 Å². The van der Waals surface area contributed by atoms with Gasteiger partial charge >= 0.3 is 12.4 Å². The zero-order valence-electron chi connectivity index (χ0n) is 13.2. The van der Waals surface area contributed by atoms with E-state index in [0.29, 0.717) is 12.1 Å². The summed E-state index contributed by atoms with van der Waals surface area (Å²) in [6, 6.07) is 7.18. The lowest BCUT2D eigenvalue weighted by Gasteiger charge is -2.12. The predicted molar refractivity (Wildman–Crippen MR) is 86.2 cm³/mol. The summed E-state index contributed by atoms with van der Waals surface area (Å²) in [7, 11) is 0. The van der Waals surface area contributed by atoms with Crippen LogP contribution in [-0.4, -0.2) is 6.21 Å². The van der Waals surface area contributed by atoms with Crippen molar-refractivity contribution in [3.05, 3.63) is 75.6 Å². The Kier molecular flexibility index (Phi) is 4.54.